The summed E-state index contributed by atoms with van der Waals surface area (Å²) in [5.74, 6) is -0.715. The summed E-state index contributed by atoms with van der Waals surface area (Å²) < 4.78 is 6.35. The Morgan fingerprint density at radius 3 is 2.53 bits per heavy atom. The smallest absolute Gasteiger partial charge is 0.310 e. The molecular formula is C22H22N4O4. The number of hydrogen-bond acceptors (Lipinski definition) is 6. The summed E-state index contributed by atoms with van der Waals surface area (Å²) in [6.07, 6.45) is 1.05. The second-order valence-corrected chi connectivity index (χ2v) is 7.39. The van der Waals surface area contributed by atoms with Crippen molar-refractivity contribution in [2.75, 3.05) is 13.1 Å². The number of amides is 1. The first-order valence-electron chi connectivity index (χ1n) is 9.88. The van der Waals surface area contributed by atoms with Crippen LogP contribution in [-0.4, -0.2) is 44.9 Å². The topological polar surface area (TPSA) is 94.4 Å². The number of piperidine rings is 1. The van der Waals surface area contributed by atoms with E-state index in [0.717, 1.165) is 10.2 Å². The maximum Gasteiger partial charge on any atom is 0.310 e. The van der Waals surface area contributed by atoms with Crippen LogP contribution in [0.4, 0.5) is 0 Å². The summed E-state index contributed by atoms with van der Waals surface area (Å²) >= 11 is 0. The van der Waals surface area contributed by atoms with Crippen LogP contribution in [0.25, 0.3) is 10.9 Å². The lowest BCUT2D eigenvalue weighted by Gasteiger charge is -2.31. The van der Waals surface area contributed by atoms with Gasteiger partial charge in [-0.1, -0.05) is 35.5 Å². The number of rotatable bonds is 4. The SMILES string of the molecule is Cc1ccccc1C(=O)N1CCC(C(=O)OCn2nnc3ccccc3c2=O)CC1. The first-order chi connectivity index (χ1) is 14.5. The number of ether oxygens (including phenoxy) is 1. The summed E-state index contributed by atoms with van der Waals surface area (Å²) in [6.45, 7) is 2.61. The van der Waals surface area contributed by atoms with Crippen LogP contribution < -0.4 is 5.56 Å². The van der Waals surface area contributed by atoms with Crippen molar-refractivity contribution in [3.63, 3.8) is 0 Å². The number of benzene rings is 2. The maximum absolute atomic E-state index is 12.7. The minimum absolute atomic E-state index is 0.0158. The Bertz CT molecular complexity index is 1150. The first kappa shape index (κ1) is 19.8. The van der Waals surface area contributed by atoms with E-state index < -0.39 is 0 Å². The lowest BCUT2D eigenvalue weighted by Crippen LogP contribution is -2.41. The van der Waals surface area contributed by atoms with Gasteiger partial charge in [-0.05, 0) is 43.5 Å². The van der Waals surface area contributed by atoms with Crippen molar-refractivity contribution in [1.82, 2.24) is 19.9 Å². The predicted octanol–water partition coefficient (Wildman–Crippen LogP) is 2.15. The quantitative estimate of drug-likeness (QED) is 0.616. The number of aromatic nitrogens is 3. The second kappa shape index (κ2) is 8.44. The van der Waals surface area contributed by atoms with E-state index in [1.54, 1.807) is 29.2 Å². The standard InChI is InChI=1S/C22H22N4O4/c1-15-6-2-3-7-17(15)20(27)25-12-10-16(11-13-25)22(29)30-14-26-21(28)18-8-4-5-9-19(18)23-24-26/h2-9,16H,10-14H2,1H3. The van der Waals surface area contributed by atoms with Crippen LogP contribution in [0.2, 0.25) is 0 Å². The third-order valence-corrected chi connectivity index (χ3v) is 5.45. The maximum atomic E-state index is 12.7. The molecule has 2 aromatic carbocycles. The predicted molar refractivity (Wildman–Crippen MR) is 110 cm³/mol. The number of likely N-dealkylation sites (tertiary alicyclic amines) is 1. The second-order valence-electron chi connectivity index (χ2n) is 7.39. The molecule has 8 nitrogen and oxygen atoms in total. The molecule has 30 heavy (non-hydrogen) atoms. The van der Waals surface area contributed by atoms with E-state index in [1.165, 1.54) is 0 Å². The normalized spacial score (nSPS) is 14.6. The van der Waals surface area contributed by atoms with Gasteiger partial charge >= 0.3 is 5.97 Å². The highest BCUT2D eigenvalue weighted by atomic mass is 16.5. The molecule has 0 saturated carbocycles. The third-order valence-electron chi connectivity index (χ3n) is 5.45. The van der Waals surface area contributed by atoms with Gasteiger partial charge in [0.15, 0.2) is 6.73 Å². The average Bonchev–Trinajstić information content (AvgIpc) is 2.78. The number of fused-ring (bicyclic) bond motifs is 1. The van der Waals surface area contributed by atoms with Crippen molar-refractivity contribution in [3.05, 3.63) is 70.0 Å². The molecule has 0 spiro atoms. The third kappa shape index (κ3) is 3.94. The van der Waals surface area contributed by atoms with Gasteiger partial charge in [0.1, 0.15) is 5.52 Å². The molecular weight excluding hydrogens is 384 g/mol. The van der Waals surface area contributed by atoms with E-state index in [2.05, 4.69) is 10.3 Å². The molecule has 1 fully saturated rings. The zero-order valence-electron chi connectivity index (χ0n) is 16.7. The molecule has 0 aliphatic carbocycles. The van der Waals surface area contributed by atoms with E-state index in [9.17, 15) is 14.4 Å². The van der Waals surface area contributed by atoms with Crippen molar-refractivity contribution < 1.29 is 14.3 Å². The van der Waals surface area contributed by atoms with Gasteiger partial charge in [0.05, 0.1) is 11.3 Å². The molecule has 0 N–H and O–H groups in total. The van der Waals surface area contributed by atoms with Crippen LogP contribution in [0.3, 0.4) is 0 Å². The number of hydrogen-bond donors (Lipinski definition) is 0. The molecule has 1 aliphatic heterocycles. The van der Waals surface area contributed by atoms with Crippen molar-refractivity contribution in [3.8, 4) is 0 Å². The Balaban J connectivity index is 1.34. The van der Waals surface area contributed by atoms with Crippen LogP contribution in [0, 0.1) is 12.8 Å². The summed E-state index contributed by atoms with van der Waals surface area (Å²) in [4.78, 5) is 39.4. The van der Waals surface area contributed by atoms with Gasteiger partial charge in [0.25, 0.3) is 11.5 Å². The van der Waals surface area contributed by atoms with Crippen molar-refractivity contribution in [1.29, 1.82) is 0 Å². The van der Waals surface area contributed by atoms with Crippen LogP contribution >= 0.6 is 0 Å². The molecule has 1 saturated heterocycles. The Kier molecular flexibility index (Phi) is 5.56. The van der Waals surface area contributed by atoms with Gasteiger partial charge in [0, 0.05) is 18.7 Å². The van der Waals surface area contributed by atoms with E-state index in [0.29, 0.717) is 42.4 Å². The highest BCUT2D eigenvalue weighted by Gasteiger charge is 2.29. The number of carbonyl (C=O) groups excluding carboxylic acids is 2. The fourth-order valence-electron chi connectivity index (χ4n) is 3.65. The van der Waals surface area contributed by atoms with Crippen molar-refractivity contribution >= 4 is 22.8 Å². The monoisotopic (exact) mass is 406 g/mol. The lowest BCUT2D eigenvalue weighted by atomic mass is 9.96. The Morgan fingerprint density at radius 2 is 1.77 bits per heavy atom. The summed E-state index contributed by atoms with van der Waals surface area (Å²) in [5.41, 5.74) is 1.77. The molecule has 2 heterocycles. The fourth-order valence-corrected chi connectivity index (χ4v) is 3.65. The Hall–Kier alpha value is -3.55. The highest BCUT2D eigenvalue weighted by molar-refractivity contribution is 5.95. The molecule has 1 aromatic heterocycles. The zero-order valence-corrected chi connectivity index (χ0v) is 16.7. The highest BCUT2D eigenvalue weighted by Crippen LogP contribution is 2.21. The van der Waals surface area contributed by atoms with Gasteiger partial charge in [0.2, 0.25) is 0 Å². The van der Waals surface area contributed by atoms with Crippen molar-refractivity contribution in [2.24, 2.45) is 5.92 Å². The molecule has 1 aliphatic rings. The number of carbonyl (C=O) groups is 2. The molecule has 0 unspecified atom stereocenters. The van der Waals surface area contributed by atoms with E-state index in [1.807, 2.05) is 31.2 Å². The summed E-state index contributed by atoms with van der Waals surface area (Å²) in [7, 11) is 0. The number of aryl methyl sites for hydroxylation is 1. The summed E-state index contributed by atoms with van der Waals surface area (Å²) in [6, 6.07) is 14.4. The Labute approximate surface area is 173 Å². The zero-order chi connectivity index (χ0) is 21.1. The van der Waals surface area contributed by atoms with Crippen LogP contribution in [0.15, 0.2) is 53.3 Å². The van der Waals surface area contributed by atoms with Gasteiger partial charge in [-0.25, -0.2) is 0 Å². The van der Waals surface area contributed by atoms with Gasteiger partial charge in [-0.15, -0.1) is 5.10 Å². The Morgan fingerprint density at radius 1 is 1.07 bits per heavy atom. The van der Waals surface area contributed by atoms with Gasteiger partial charge in [-0.2, -0.15) is 4.68 Å². The average molecular weight is 406 g/mol. The summed E-state index contributed by atoms with van der Waals surface area (Å²) in [5, 5.41) is 8.22. The van der Waals surface area contributed by atoms with E-state index in [-0.39, 0.29) is 30.1 Å². The molecule has 154 valence electrons. The molecule has 0 bridgehead atoms. The molecule has 4 rings (SSSR count). The molecule has 0 radical (unpaired) electrons. The molecule has 3 aromatic rings. The number of nitrogens with zero attached hydrogens (tertiary/aromatic N) is 4. The van der Waals surface area contributed by atoms with Crippen molar-refractivity contribution in [2.45, 2.75) is 26.5 Å². The van der Waals surface area contributed by atoms with Gasteiger partial charge in [-0.3, -0.25) is 14.4 Å². The van der Waals surface area contributed by atoms with Crippen LogP contribution in [0.5, 0.6) is 0 Å². The molecule has 8 heteroatoms. The molecule has 1 amide bonds. The lowest BCUT2D eigenvalue weighted by molar-refractivity contribution is -0.154. The number of esters is 1. The minimum atomic E-state index is -0.389. The van der Waals surface area contributed by atoms with Crippen LogP contribution in [-0.2, 0) is 16.3 Å². The minimum Gasteiger partial charge on any atom is -0.442 e. The molecule has 0 atom stereocenters. The van der Waals surface area contributed by atoms with E-state index in [4.69, 9.17) is 4.74 Å². The first-order valence-corrected chi connectivity index (χ1v) is 9.88. The van der Waals surface area contributed by atoms with E-state index >= 15 is 0 Å². The fraction of sp³-hybridized carbons (Fsp3) is 0.318. The largest absolute Gasteiger partial charge is 0.442 e. The van der Waals surface area contributed by atoms with Crippen LogP contribution in [0.1, 0.15) is 28.8 Å². The van der Waals surface area contributed by atoms with Gasteiger partial charge < -0.3 is 9.64 Å².